The number of halogens is 1. The van der Waals surface area contributed by atoms with Crippen molar-refractivity contribution >= 4 is 64.8 Å². The first kappa shape index (κ1) is 86.5. The van der Waals surface area contributed by atoms with Crippen LogP contribution >= 0.6 is 11.6 Å². The Morgan fingerprint density at radius 1 is 0.680 bits per heavy atom. The van der Waals surface area contributed by atoms with Crippen LogP contribution in [0.25, 0.3) is 11.1 Å². The summed E-state index contributed by atoms with van der Waals surface area (Å²) in [6, 6.07) is 8.89. The molecule has 122 heavy (non-hydrogen) atoms. The van der Waals surface area contributed by atoms with Crippen LogP contribution in [0.5, 0.6) is 40.2 Å². The molecule has 20 N–H and O–H groups in total. The summed E-state index contributed by atoms with van der Waals surface area (Å²) in [7, 11) is 2.92. The van der Waals surface area contributed by atoms with Gasteiger partial charge in [0.25, 0.3) is 0 Å². The summed E-state index contributed by atoms with van der Waals surface area (Å²) in [5.41, 5.74) is 3.69. The van der Waals surface area contributed by atoms with E-state index in [2.05, 4.69) is 47.9 Å². The quantitative estimate of drug-likeness (QED) is 0.0579. The standard InChI is InChI=1S/C86H99ClN10O25/c1-35(2)19-54(89-5)77(107)96-69-71(103)42-12-18-56(53(87)27-42)119-58-29-45-28-57(74(58)122-84-75(73(105)72(104)59(34-98)120-84)121-62-33-85(4,88)76(106)36(3)117-62)118-48-15-9-40(10-16-48)70(102)68-83(113)95-67(81(111)92-64-43-21-38-20-39(23-43)24-44(64)22-38)50-30-46(99)31-52-63(50)49-26-41(11-17-51(49)86(52,114)115)65(79(109)97-68)94-80(110)66(45)93-78(108)55(90-82(69)112)32-61(101)91-60(100)25-37-7-13-47(116-6)14-8-37/h7-18,26-31,35-36,38-39,43-44,54-55,59,62,64-73,75-76,84,89,98-99,102-106,114-115H,19-25,32-34,88H2,1-6H3,(H,90,112)(H,92,111)(H,93,108)(H,94,110)(H,95,113)(H,96,107)(H,97,109)(H,91,100,101)/t36-,38?,39?,43?,44?,54+,55-,59+,62-,64?,65+,66+,67-,68-,69+,70+,71+,72+,73-,75+,76+,84-,85-/m0/s1. The highest BCUT2D eigenvalue weighted by atomic mass is 35.5. The number of aromatic hydroxyl groups is 1. The zero-order valence-corrected chi connectivity index (χ0v) is 68.0. The molecule has 15 bridgehead atoms. The molecule has 5 aliphatic carbocycles. The molecule has 7 aliphatic heterocycles. The largest absolute Gasteiger partial charge is 0.508 e. The number of nitrogens with two attached hydrogens (primary N) is 1. The molecule has 2 saturated heterocycles. The highest BCUT2D eigenvalue weighted by Gasteiger charge is 2.54. The van der Waals surface area contributed by atoms with E-state index >= 15 is 28.8 Å². The molecule has 0 radical (unpaired) electrons. The monoisotopic (exact) mass is 1710 g/mol. The summed E-state index contributed by atoms with van der Waals surface area (Å²) in [5, 5.41) is 131. The van der Waals surface area contributed by atoms with Gasteiger partial charge in [0.05, 0.1) is 49.8 Å². The van der Waals surface area contributed by atoms with Crippen molar-refractivity contribution in [2.45, 2.75) is 207 Å². The van der Waals surface area contributed by atoms with Crippen molar-refractivity contribution in [3.05, 3.63) is 159 Å². The number of imide groups is 1. The van der Waals surface area contributed by atoms with Gasteiger partial charge in [-0.3, -0.25) is 48.5 Å². The fourth-order valence-corrected chi connectivity index (χ4v) is 19.0. The first-order chi connectivity index (χ1) is 58.0. The molecule has 12 aliphatic rings. The Kier molecular flexibility index (Phi) is 24.6. The molecule has 0 aromatic heterocycles. The van der Waals surface area contributed by atoms with Gasteiger partial charge in [-0.15, -0.1) is 0 Å². The van der Waals surface area contributed by atoms with Crippen LogP contribution in [0.15, 0.2) is 109 Å². The lowest BCUT2D eigenvalue weighted by molar-refractivity contribution is -0.333. The van der Waals surface area contributed by atoms with Gasteiger partial charge in [-0.05, 0) is 200 Å². The predicted molar refractivity (Wildman–Crippen MR) is 428 cm³/mol. The highest BCUT2D eigenvalue weighted by Crippen LogP contribution is 2.56. The van der Waals surface area contributed by atoms with Crippen LogP contribution in [-0.2, 0) is 69.6 Å². The molecule has 0 spiro atoms. The molecule has 18 rings (SSSR count). The number of hydrogen-bond acceptors (Lipinski definition) is 27. The zero-order chi connectivity index (χ0) is 87.0. The van der Waals surface area contributed by atoms with E-state index in [9.17, 15) is 60.3 Å². The van der Waals surface area contributed by atoms with Crippen LogP contribution in [0.3, 0.4) is 0 Å². The predicted octanol–water partition coefficient (Wildman–Crippen LogP) is 1.81. The minimum atomic E-state index is -2.98. The number of fused-ring (bicyclic) bond motifs is 12. The Morgan fingerprint density at radius 3 is 1.99 bits per heavy atom. The lowest BCUT2D eigenvalue weighted by atomic mass is 9.54. The van der Waals surface area contributed by atoms with E-state index in [0.29, 0.717) is 23.1 Å². The summed E-state index contributed by atoms with van der Waals surface area (Å²) in [6.45, 7) is 5.73. The van der Waals surface area contributed by atoms with Crippen LogP contribution in [-0.4, -0.2) is 205 Å². The van der Waals surface area contributed by atoms with E-state index in [1.807, 2.05) is 13.8 Å². The van der Waals surface area contributed by atoms with Crippen molar-refractivity contribution in [2.75, 3.05) is 20.8 Å². The molecule has 650 valence electrons. The number of hydrogen-bond donors (Lipinski definition) is 19. The first-order valence-corrected chi connectivity index (χ1v) is 41.0. The van der Waals surface area contributed by atoms with Gasteiger partial charge in [0.15, 0.2) is 23.9 Å². The summed E-state index contributed by atoms with van der Waals surface area (Å²) in [5.74, 6) is -14.8. The number of carbonyl (C=O) groups excluding carboxylic acids is 9. The van der Waals surface area contributed by atoms with E-state index < -0.39 is 216 Å². The molecule has 36 heteroatoms. The fourth-order valence-electron chi connectivity index (χ4n) is 18.8. The lowest BCUT2D eigenvalue weighted by Crippen LogP contribution is -2.64. The maximum absolute atomic E-state index is 16.6. The number of aliphatic hydroxyl groups is 8. The average molecular weight is 1710 g/mol. The molecule has 9 amide bonds. The van der Waals surface area contributed by atoms with E-state index in [-0.39, 0.29) is 97.7 Å². The van der Waals surface area contributed by atoms with Gasteiger partial charge in [-0.2, -0.15) is 0 Å². The number of phenolic OH excluding ortho intramolecular Hbond substituents is 1. The maximum atomic E-state index is 16.6. The van der Waals surface area contributed by atoms with Gasteiger partial charge in [0.1, 0.15) is 89.8 Å². The molecule has 6 aromatic carbocycles. The molecule has 4 saturated carbocycles. The maximum Gasteiger partial charge on any atom is 0.248 e. The zero-order valence-electron chi connectivity index (χ0n) is 67.3. The second kappa shape index (κ2) is 34.7. The Labute approximate surface area is 704 Å². The molecule has 35 nitrogen and oxygen atoms in total. The van der Waals surface area contributed by atoms with Crippen LogP contribution in [0.2, 0.25) is 5.02 Å². The average Bonchev–Trinajstić information content (AvgIpc) is 1.55. The van der Waals surface area contributed by atoms with Crippen LogP contribution < -0.4 is 72.5 Å². The van der Waals surface area contributed by atoms with Gasteiger partial charge in [-0.25, -0.2) is 0 Å². The van der Waals surface area contributed by atoms with Gasteiger partial charge < -0.3 is 127 Å². The van der Waals surface area contributed by atoms with E-state index in [1.165, 1.54) is 88.7 Å². The van der Waals surface area contributed by atoms with Crippen LogP contribution in [0.1, 0.15) is 154 Å². The summed E-state index contributed by atoms with van der Waals surface area (Å²) in [4.78, 5) is 139. The van der Waals surface area contributed by atoms with Crippen molar-refractivity contribution in [1.82, 2.24) is 47.9 Å². The number of nitrogens with one attached hydrogen (secondary N) is 9. The van der Waals surface area contributed by atoms with E-state index in [0.717, 1.165) is 56.4 Å². The van der Waals surface area contributed by atoms with Gasteiger partial charge in [0.2, 0.25) is 71.0 Å². The fraction of sp³-hybridized carbons (Fsp3) is 0.477. The molecule has 7 heterocycles. The number of ether oxygens (including phenoxy) is 7. The second-order valence-corrected chi connectivity index (χ2v) is 34.4. The van der Waals surface area contributed by atoms with Crippen molar-refractivity contribution < 1.29 is 122 Å². The summed E-state index contributed by atoms with van der Waals surface area (Å²) < 4.78 is 44.4. The Bertz CT molecular complexity index is 5050. The SMILES string of the molecule is CN[C@H](CC(C)C)C(=O)N[C@H]1C(=O)N[C@@H](CC(=O)NC(=O)Cc2ccc(OC)cc2)C(=O)N[C@H]2C(=O)N[C@H]3C(=O)N[C@H](C(=O)N[C@H](C(=O)NC4C5CC6CC(C5)CC4C6)c4cc(O)cc5c4-c4cc3ccc4C5(O)O)[C@H](O)c3ccc(cc3)Oc3cc2cc(c3O[C@@H]2O[C@H](CO)[C@@H](O)[C@H](O)[C@H]2O[C@H]2C[C@](C)(N)[C@H](O)[C@H](C)O2)Oc2ccc(cc2Cl)[C@H]1O. The van der Waals surface area contributed by atoms with Crippen molar-refractivity contribution in [3.8, 4) is 51.4 Å². The van der Waals surface area contributed by atoms with E-state index in [1.54, 1.807) is 24.3 Å². The number of benzene rings is 6. The molecule has 0 unspecified atom stereocenters. The van der Waals surface area contributed by atoms with Crippen molar-refractivity contribution in [1.29, 1.82) is 0 Å². The number of rotatable bonds is 17. The minimum absolute atomic E-state index is 0.0822. The summed E-state index contributed by atoms with van der Waals surface area (Å²) >= 11 is 7.22. The number of phenols is 1. The van der Waals surface area contributed by atoms with Crippen molar-refractivity contribution in [3.63, 3.8) is 0 Å². The third kappa shape index (κ3) is 17.4. The normalized spacial score (nSPS) is 31.5. The number of aliphatic hydroxyl groups excluding tert-OH is 6. The van der Waals surface area contributed by atoms with Gasteiger partial charge >= 0.3 is 0 Å². The van der Waals surface area contributed by atoms with Crippen LogP contribution in [0.4, 0.5) is 0 Å². The minimum Gasteiger partial charge on any atom is -0.508 e. The van der Waals surface area contributed by atoms with Crippen molar-refractivity contribution in [2.24, 2.45) is 35.3 Å². The number of amides is 9. The smallest absolute Gasteiger partial charge is 0.248 e. The molecular weight excluding hydrogens is 1610 g/mol. The molecule has 18 atom stereocenters. The summed E-state index contributed by atoms with van der Waals surface area (Å²) in [6.07, 6.45) is -14.5. The number of likely N-dealkylation sites (N-methyl/N-ethyl adjacent to an activating group) is 1. The topological polar surface area (TPSA) is 535 Å². The van der Waals surface area contributed by atoms with Gasteiger partial charge in [-0.1, -0.05) is 67.9 Å². The highest BCUT2D eigenvalue weighted by molar-refractivity contribution is 6.32. The molecular formula is C86H99ClN10O25. The Morgan fingerprint density at radius 2 is 1.34 bits per heavy atom. The third-order valence-electron chi connectivity index (χ3n) is 24.8. The number of methoxy groups -OCH3 is 1. The Balaban J connectivity index is 0.916. The lowest BCUT2D eigenvalue weighted by Gasteiger charge is -2.54. The first-order valence-electron chi connectivity index (χ1n) is 40.6. The Hall–Kier alpha value is -10.5. The van der Waals surface area contributed by atoms with E-state index in [4.69, 9.17) is 50.5 Å². The van der Waals surface area contributed by atoms with Gasteiger partial charge in [0, 0.05) is 29.1 Å². The number of carbonyl (C=O) groups is 9. The molecule has 6 aromatic rings. The third-order valence-corrected chi connectivity index (χ3v) is 25.1. The molecule has 6 fully saturated rings. The second-order valence-electron chi connectivity index (χ2n) is 34.0. The van der Waals surface area contributed by atoms with Crippen LogP contribution in [0, 0.1) is 29.6 Å².